The van der Waals surface area contributed by atoms with Crippen LogP contribution in [0.2, 0.25) is 0 Å². The maximum Gasteiger partial charge on any atom is 0.175 e. The van der Waals surface area contributed by atoms with Gasteiger partial charge in [-0.05, 0) is 66.5 Å². The Morgan fingerprint density at radius 2 is 2.04 bits per heavy atom. The Labute approximate surface area is 146 Å². The Kier molecular flexibility index (Phi) is 6.86. The number of nitrogens with one attached hydrogen (secondary N) is 1. The summed E-state index contributed by atoms with van der Waals surface area (Å²) in [7, 11) is 0. The van der Waals surface area contributed by atoms with Gasteiger partial charge >= 0.3 is 0 Å². The van der Waals surface area contributed by atoms with Crippen molar-refractivity contribution >= 4 is 15.9 Å². The second kappa shape index (κ2) is 8.89. The topological polar surface area (TPSA) is 43.4 Å². The molecule has 2 aromatic rings. The van der Waals surface area contributed by atoms with Crippen molar-refractivity contribution in [1.29, 1.82) is 0 Å². The number of ether oxygens (including phenoxy) is 2. The summed E-state index contributed by atoms with van der Waals surface area (Å²) in [5, 5.41) is 3.40. The molecule has 1 N–H and O–H groups in total. The molecule has 0 amide bonds. The first-order valence-electron chi connectivity index (χ1n) is 7.82. The van der Waals surface area contributed by atoms with Crippen LogP contribution in [0.3, 0.4) is 0 Å². The molecule has 0 aliphatic heterocycles. The van der Waals surface area contributed by atoms with E-state index >= 15 is 0 Å². The van der Waals surface area contributed by atoms with Gasteiger partial charge in [0.25, 0.3) is 0 Å². The normalized spacial score (nSPS) is 10.8. The lowest BCUT2D eigenvalue weighted by Gasteiger charge is -2.17. The minimum atomic E-state index is 0.0960. The monoisotopic (exact) mass is 378 g/mol. The summed E-state index contributed by atoms with van der Waals surface area (Å²) < 4.78 is 12.5. The van der Waals surface area contributed by atoms with Crippen LogP contribution in [0.4, 0.5) is 0 Å². The molecule has 2 rings (SSSR count). The molecule has 4 nitrogen and oxygen atoms in total. The predicted molar refractivity (Wildman–Crippen MR) is 95.9 cm³/mol. The first-order chi connectivity index (χ1) is 11.1. The van der Waals surface area contributed by atoms with Gasteiger partial charge < -0.3 is 14.8 Å². The van der Waals surface area contributed by atoms with Crippen molar-refractivity contribution in [3.8, 4) is 11.5 Å². The minimum Gasteiger partial charge on any atom is -0.490 e. The molecular formula is C18H23BrN2O2. The molecule has 0 radical (unpaired) electrons. The quantitative estimate of drug-likeness (QED) is 0.742. The van der Waals surface area contributed by atoms with E-state index in [-0.39, 0.29) is 6.10 Å². The fourth-order valence-electron chi connectivity index (χ4n) is 2.17. The summed E-state index contributed by atoms with van der Waals surface area (Å²) in [6.45, 7) is 8.05. The van der Waals surface area contributed by atoms with Crippen molar-refractivity contribution < 1.29 is 9.47 Å². The van der Waals surface area contributed by atoms with E-state index in [1.165, 1.54) is 0 Å². The van der Waals surface area contributed by atoms with Crippen LogP contribution in [-0.2, 0) is 13.1 Å². The van der Waals surface area contributed by atoms with Gasteiger partial charge in [-0.3, -0.25) is 4.98 Å². The summed E-state index contributed by atoms with van der Waals surface area (Å²) in [6, 6.07) is 10.0. The standard InChI is InChI=1S/C18H23BrN2O2/c1-4-22-17-10-14(9-16(19)18(17)23-13(2)3)11-20-12-15-7-5-6-8-21-15/h5-10,13,20H,4,11-12H2,1-3H3. The highest BCUT2D eigenvalue weighted by molar-refractivity contribution is 9.10. The van der Waals surface area contributed by atoms with Gasteiger partial charge in [0.2, 0.25) is 0 Å². The lowest BCUT2D eigenvalue weighted by atomic mass is 10.2. The number of rotatable bonds is 8. The van der Waals surface area contributed by atoms with Crippen molar-refractivity contribution in [2.45, 2.75) is 40.0 Å². The van der Waals surface area contributed by atoms with Crippen molar-refractivity contribution in [3.63, 3.8) is 0 Å². The van der Waals surface area contributed by atoms with E-state index in [0.29, 0.717) is 6.61 Å². The van der Waals surface area contributed by atoms with Crippen molar-refractivity contribution in [2.24, 2.45) is 0 Å². The Balaban J connectivity index is 2.06. The molecule has 5 heteroatoms. The molecule has 0 unspecified atom stereocenters. The number of halogens is 1. The smallest absolute Gasteiger partial charge is 0.175 e. The molecule has 23 heavy (non-hydrogen) atoms. The van der Waals surface area contributed by atoms with Gasteiger partial charge in [0.1, 0.15) is 0 Å². The van der Waals surface area contributed by atoms with E-state index in [0.717, 1.165) is 40.3 Å². The summed E-state index contributed by atoms with van der Waals surface area (Å²) in [4.78, 5) is 4.30. The maximum atomic E-state index is 5.86. The summed E-state index contributed by atoms with van der Waals surface area (Å²) in [5.41, 5.74) is 2.16. The highest BCUT2D eigenvalue weighted by Gasteiger charge is 2.13. The zero-order valence-corrected chi connectivity index (χ0v) is 15.4. The van der Waals surface area contributed by atoms with E-state index in [1.807, 2.05) is 45.0 Å². The fourth-order valence-corrected chi connectivity index (χ4v) is 2.76. The minimum absolute atomic E-state index is 0.0960. The lowest BCUT2D eigenvalue weighted by Crippen LogP contribution is -2.14. The van der Waals surface area contributed by atoms with Gasteiger partial charge in [-0.2, -0.15) is 0 Å². The zero-order valence-electron chi connectivity index (χ0n) is 13.8. The third kappa shape index (κ3) is 5.52. The van der Waals surface area contributed by atoms with E-state index in [2.05, 4.69) is 32.3 Å². The molecule has 0 fully saturated rings. The Hall–Kier alpha value is -1.59. The molecule has 0 spiro atoms. The zero-order chi connectivity index (χ0) is 16.7. The van der Waals surface area contributed by atoms with E-state index in [4.69, 9.17) is 9.47 Å². The molecule has 124 valence electrons. The van der Waals surface area contributed by atoms with Crippen LogP contribution in [0.25, 0.3) is 0 Å². The Morgan fingerprint density at radius 1 is 1.22 bits per heavy atom. The molecule has 1 heterocycles. The first-order valence-corrected chi connectivity index (χ1v) is 8.62. The van der Waals surface area contributed by atoms with Crippen LogP contribution in [0.15, 0.2) is 41.0 Å². The van der Waals surface area contributed by atoms with Crippen LogP contribution >= 0.6 is 15.9 Å². The molecule has 0 saturated carbocycles. The highest BCUT2D eigenvalue weighted by Crippen LogP contribution is 2.37. The third-order valence-electron chi connectivity index (χ3n) is 3.08. The second-order valence-electron chi connectivity index (χ2n) is 5.43. The maximum absolute atomic E-state index is 5.86. The number of hydrogen-bond donors (Lipinski definition) is 1. The second-order valence-corrected chi connectivity index (χ2v) is 6.28. The van der Waals surface area contributed by atoms with Gasteiger partial charge in [0.05, 0.1) is 22.9 Å². The molecule has 0 aliphatic carbocycles. The average molecular weight is 379 g/mol. The molecule has 0 atom stereocenters. The van der Waals surface area contributed by atoms with Crippen LogP contribution in [0, 0.1) is 0 Å². The molecule has 0 bridgehead atoms. The van der Waals surface area contributed by atoms with Crippen LogP contribution in [0.5, 0.6) is 11.5 Å². The summed E-state index contributed by atoms with van der Waals surface area (Å²) in [6.07, 6.45) is 1.90. The van der Waals surface area contributed by atoms with E-state index < -0.39 is 0 Å². The van der Waals surface area contributed by atoms with Gasteiger partial charge in [-0.15, -0.1) is 0 Å². The molecule has 1 aromatic carbocycles. The third-order valence-corrected chi connectivity index (χ3v) is 3.67. The Bertz CT molecular complexity index is 618. The van der Waals surface area contributed by atoms with E-state index in [9.17, 15) is 0 Å². The molecule has 1 aromatic heterocycles. The fraction of sp³-hybridized carbons (Fsp3) is 0.389. The van der Waals surface area contributed by atoms with Crippen molar-refractivity contribution in [1.82, 2.24) is 10.3 Å². The molecular weight excluding hydrogens is 356 g/mol. The number of benzene rings is 1. The summed E-state index contributed by atoms with van der Waals surface area (Å²) in [5.74, 6) is 1.53. The number of aromatic nitrogens is 1. The Morgan fingerprint density at radius 3 is 2.70 bits per heavy atom. The molecule has 0 aliphatic rings. The average Bonchev–Trinajstić information content (AvgIpc) is 2.52. The van der Waals surface area contributed by atoms with Gasteiger partial charge in [0.15, 0.2) is 11.5 Å². The predicted octanol–water partition coefficient (Wildman–Crippen LogP) is 4.32. The van der Waals surface area contributed by atoms with Crippen molar-refractivity contribution in [3.05, 3.63) is 52.3 Å². The number of nitrogens with zero attached hydrogens (tertiary/aromatic N) is 1. The lowest BCUT2D eigenvalue weighted by molar-refractivity contribution is 0.222. The largest absolute Gasteiger partial charge is 0.490 e. The van der Waals surface area contributed by atoms with Crippen molar-refractivity contribution in [2.75, 3.05) is 6.61 Å². The first kappa shape index (κ1) is 17.8. The van der Waals surface area contributed by atoms with Gasteiger partial charge in [0, 0.05) is 19.3 Å². The summed E-state index contributed by atoms with van der Waals surface area (Å²) >= 11 is 3.59. The number of pyridine rings is 1. The van der Waals surface area contributed by atoms with Crippen LogP contribution < -0.4 is 14.8 Å². The highest BCUT2D eigenvalue weighted by atomic mass is 79.9. The molecule has 0 saturated heterocycles. The SMILES string of the molecule is CCOc1cc(CNCc2ccccn2)cc(Br)c1OC(C)C. The van der Waals surface area contributed by atoms with E-state index in [1.54, 1.807) is 6.20 Å². The van der Waals surface area contributed by atoms with Gasteiger partial charge in [-0.1, -0.05) is 6.07 Å². The van der Waals surface area contributed by atoms with Crippen LogP contribution in [-0.4, -0.2) is 17.7 Å². The van der Waals surface area contributed by atoms with Gasteiger partial charge in [-0.25, -0.2) is 0 Å². The number of hydrogen-bond acceptors (Lipinski definition) is 4. The van der Waals surface area contributed by atoms with Crippen LogP contribution in [0.1, 0.15) is 32.0 Å².